The van der Waals surface area contributed by atoms with Gasteiger partial charge < -0.3 is 4.74 Å². The predicted octanol–water partition coefficient (Wildman–Crippen LogP) is 5.04. The highest BCUT2D eigenvalue weighted by Gasteiger charge is 2.28. The molecule has 2 aromatic carbocycles. The lowest BCUT2D eigenvalue weighted by Gasteiger charge is -2.23. The second kappa shape index (κ2) is 7.11. The number of benzene rings is 2. The van der Waals surface area contributed by atoms with Crippen LogP contribution in [0.2, 0.25) is 0 Å². The molecule has 0 bridgehead atoms. The van der Waals surface area contributed by atoms with Gasteiger partial charge in [-0.2, -0.15) is 0 Å². The normalized spacial score (nSPS) is 20.4. The van der Waals surface area contributed by atoms with E-state index >= 15 is 0 Å². The Morgan fingerprint density at radius 1 is 1.14 bits per heavy atom. The summed E-state index contributed by atoms with van der Waals surface area (Å²) in [6.07, 6.45) is 1.36. The number of nitrogens with zero attached hydrogens (tertiary/aromatic N) is 1. The number of ether oxygens (including phenoxy) is 1. The smallest absolute Gasteiger partial charge is 0.120 e. The third-order valence-corrected chi connectivity index (χ3v) is 5.67. The zero-order valence-corrected chi connectivity index (χ0v) is 15.3. The average molecular weight is 458 g/mol. The van der Waals surface area contributed by atoms with Gasteiger partial charge in [0.2, 0.25) is 0 Å². The second-order valence-electron chi connectivity index (χ2n) is 5.23. The minimum absolute atomic E-state index is 0.278. The van der Waals surface area contributed by atoms with Crippen molar-refractivity contribution in [3.8, 4) is 5.75 Å². The van der Waals surface area contributed by atoms with E-state index in [1.807, 2.05) is 24.3 Å². The molecule has 1 heterocycles. The maximum atomic E-state index is 6.10. The Morgan fingerprint density at radius 2 is 1.95 bits per heavy atom. The van der Waals surface area contributed by atoms with Crippen LogP contribution in [0.4, 0.5) is 0 Å². The van der Waals surface area contributed by atoms with Gasteiger partial charge in [0.1, 0.15) is 11.9 Å². The summed E-state index contributed by atoms with van der Waals surface area (Å²) in [5.41, 5.74) is 1.36. The molecule has 110 valence electrons. The number of alkyl halides is 1. The zero-order valence-electron chi connectivity index (χ0n) is 11.6. The minimum Gasteiger partial charge on any atom is -0.489 e. The highest BCUT2D eigenvalue weighted by atomic mass is 127. The number of hydrogen-bond acceptors (Lipinski definition) is 2. The summed E-state index contributed by atoms with van der Waals surface area (Å²) in [4.78, 5) is 2.48. The molecule has 2 atom stereocenters. The van der Waals surface area contributed by atoms with E-state index in [1.54, 1.807) is 0 Å². The molecule has 1 aliphatic heterocycles. The van der Waals surface area contributed by atoms with Gasteiger partial charge in [0.25, 0.3) is 0 Å². The molecule has 0 aliphatic carbocycles. The van der Waals surface area contributed by atoms with Crippen molar-refractivity contribution < 1.29 is 4.74 Å². The van der Waals surface area contributed by atoms with E-state index in [2.05, 4.69) is 73.8 Å². The molecule has 0 aromatic heterocycles. The van der Waals surface area contributed by atoms with Crippen molar-refractivity contribution in [1.29, 1.82) is 0 Å². The van der Waals surface area contributed by atoms with E-state index < -0.39 is 0 Å². The molecule has 0 saturated carbocycles. The Balaban J connectivity index is 1.60. The molecule has 2 unspecified atom stereocenters. The van der Waals surface area contributed by atoms with Crippen molar-refractivity contribution in [2.24, 2.45) is 0 Å². The lowest BCUT2D eigenvalue weighted by atomic mass is 10.2. The van der Waals surface area contributed by atoms with Crippen molar-refractivity contribution in [2.75, 3.05) is 13.1 Å². The topological polar surface area (TPSA) is 12.5 Å². The average Bonchev–Trinajstić information content (AvgIpc) is 2.96. The molecule has 1 saturated heterocycles. The molecule has 3 rings (SSSR count). The molecule has 0 N–H and O–H groups in total. The highest BCUT2D eigenvalue weighted by Crippen LogP contribution is 2.32. The molecule has 0 spiro atoms. The zero-order chi connectivity index (χ0) is 14.7. The molecule has 0 amide bonds. The summed E-state index contributed by atoms with van der Waals surface area (Å²) in [6.45, 7) is 2.07. The van der Waals surface area contributed by atoms with Crippen molar-refractivity contribution in [1.82, 2.24) is 4.90 Å². The summed E-state index contributed by atoms with van der Waals surface area (Å²) < 4.78 is 7.58. The van der Waals surface area contributed by atoms with Gasteiger partial charge in [-0.15, -0.1) is 0 Å². The van der Waals surface area contributed by atoms with Crippen LogP contribution < -0.4 is 4.74 Å². The second-order valence-corrected chi connectivity index (χ2v) is 7.32. The van der Waals surface area contributed by atoms with Gasteiger partial charge in [-0.1, -0.05) is 74.9 Å². The first-order valence-corrected chi connectivity index (χ1v) is 9.11. The Labute approximate surface area is 147 Å². The van der Waals surface area contributed by atoms with E-state index in [4.69, 9.17) is 4.74 Å². The quantitative estimate of drug-likeness (QED) is 0.362. The Bertz CT molecular complexity index is 592. The van der Waals surface area contributed by atoms with E-state index in [-0.39, 0.29) is 6.10 Å². The molecule has 2 nitrogen and oxygen atoms in total. The molecular weight excluding hydrogens is 441 g/mol. The third-order valence-electron chi connectivity index (χ3n) is 3.67. The van der Waals surface area contributed by atoms with Crippen molar-refractivity contribution in [3.05, 3.63) is 64.6 Å². The van der Waals surface area contributed by atoms with Crippen LogP contribution in [0, 0.1) is 0 Å². The van der Waals surface area contributed by atoms with Crippen LogP contribution in [0.3, 0.4) is 0 Å². The fraction of sp³-hybridized carbons (Fsp3) is 0.294. The summed E-state index contributed by atoms with van der Waals surface area (Å²) in [7, 11) is 0. The standard InChI is InChI=1S/C17H17BrINO/c18-14-7-4-8-15(11-14)21-16-9-10-20(12-16)17(19)13-5-2-1-3-6-13/h1-8,11,16-17H,9-10,12H2. The molecule has 4 heteroatoms. The van der Waals surface area contributed by atoms with Crippen LogP contribution in [-0.2, 0) is 0 Å². The monoisotopic (exact) mass is 457 g/mol. The Hall–Kier alpha value is -0.590. The fourth-order valence-electron chi connectivity index (χ4n) is 2.61. The van der Waals surface area contributed by atoms with Crippen molar-refractivity contribution >= 4 is 38.5 Å². The van der Waals surface area contributed by atoms with Crippen molar-refractivity contribution in [3.63, 3.8) is 0 Å². The van der Waals surface area contributed by atoms with Gasteiger partial charge in [-0.25, -0.2) is 0 Å². The van der Waals surface area contributed by atoms with Gasteiger partial charge in [0, 0.05) is 17.6 Å². The van der Waals surface area contributed by atoms with Crippen LogP contribution in [0.1, 0.15) is 16.0 Å². The molecule has 2 aromatic rings. The summed E-state index contributed by atoms with van der Waals surface area (Å²) in [5, 5.41) is 0. The number of halogens is 2. The van der Waals surface area contributed by atoms with Crippen LogP contribution in [0.15, 0.2) is 59.1 Å². The highest BCUT2D eigenvalue weighted by molar-refractivity contribution is 14.1. The first kappa shape index (κ1) is 15.3. The maximum absolute atomic E-state index is 6.10. The van der Waals surface area contributed by atoms with E-state index in [0.29, 0.717) is 4.05 Å². The lowest BCUT2D eigenvalue weighted by Crippen LogP contribution is -2.26. The largest absolute Gasteiger partial charge is 0.489 e. The predicted molar refractivity (Wildman–Crippen MR) is 98.0 cm³/mol. The Kier molecular flexibility index (Phi) is 5.19. The van der Waals surface area contributed by atoms with E-state index in [1.165, 1.54) is 5.56 Å². The van der Waals surface area contributed by atoms with Crippen LogP contribution in [0.5, 0.6) is 5.75 Å². The molecule has 1 aliphatic rings. The SMILES string of the molecule is Brc1cccc(OC2CCN(C(I)c3ccccc3)C2)c1. The number of hydrogen-bond donors (Lipinski definition) is 0. The molecule has 21 heavy (non-hydrogen) atoms. The first-order valence-electron chi connectivity index (χ1n) is 7.07. The van der Waals surface area contributed by atoms with Crippen LogP contribution >= 0.6 is 38.5 Å². The summed E-state index contributed by atoms with van der Waals surface area (Å²) >= 11 is 6.00. The van der Waals surface area contributed by atoms with E-state index in [9.17, 15) is 0 Å². The van der Waals surface area contributed by atoms with Gasteiger partial charge in [0.05, 0.1) is 4.05 Å². The number of likely N-dealkylation sites (tertiary alicyclic amines) is 1. The van der Waals surface area contributed by atoms with Gasteiger partial charge in [-0.05, 0) is 30.2 Å². The van der Waals surface area contributed by atoms with Gasteiger partial charge >= 0.3 is 0 Å². The summed E-state index contributed by atoms with van der Waals surface area (Å²) in [5.74, 6) is 0.945. The van der Waals surface area contributed by atoms with Crippen LogP contribution in [-0.4, -0.2) is 24.1 Å². The third kappa shape index (κ3) is 3.99. The summed E-state index contributed by atoms with van der Waals surface area (Å²) in [6, 6.07) is 18.7. The Morgan fingerprint density at radius 3 is 2.71 bits per heavy atom. The fourth-order valence-corrected chi connectivity index (χ4v) is 3.91. The van der Waals surface area contributed by atoms with Gasteiger partial charge in [-0.3, -0.25) is 4.90 Å². The maximum Gasteiger partial charge on any atom is 0.120 e. The molecular formula is C17H17BrINO. The lowest BCUT2D eigenvalue weighted by molar-refractivity contribution is 0.199. The molecule has 1 fully saturated rings. The first-order chi connectivity index (χ1) is 10.2. The van der Waals surface area contributed by atoms with Crippen molar-refractivity contribution in [2.45, 2.75) is 16.6 Å². The van der Waals surface area contributed by atoms with Gasteiger partial charge in [0.15, 0.2) is 0 Å². The van der Waals surface area contributed by atoms with E-state index in [0.717, 1.165) is 29.7 Å². The molecule has 0 radical (unpaired) electrons. The number of rotatable bonds is 4. The van der Waals surface area contributed by atoms with Crippen LogP contribution in [0.25, 0.3) is 0 Å². The minimum atomic E-state index is 0.278.